The minimum atomic E-state index is -0.387. The van der Waals surface area contributed by atoms with E-state index in [1.54, 1.807) is 0 Å². The monoisotopic (exact) mass is 613 g/mol. The normalized spacial score (nSPS) is 35.5. The van der Waals surface area contributed by atoms with Crippen molar-refractivity contribution in [1.82, 2.24) is 0 Å². The molecule has 3 nitrogen and oxygen atoms in total. The molecule has 1 unspecified atom stereocenters. The molecular weight excluding hydrogens is 540 g/mol. The standard InChI is InChI=1S/C41H72O3/c1-7-8-9-10-11-12-13-14-15-16-17-21-39(43)44-38-29-33(42)28-32-22-23-34-36-25-24-35(31(4)20-18-19-30(2)3)40(36,5)27-26-37(34)41(32,38)6/h22,30-31,33-38,42H,7-21,23-29H2,1-6H3/t31-,33-,34+,35-,36+,37+,38?,40-,41+/m1/s1. The fourth-order valence-corrected chi connectivity index (χ4v) is 11.0. The first kappa shape index (κ1) is 36.0. The second-order valence-corrected chi connectivity index (χ2v) is 17.0. The highest BCUT2D eigenvalue weighted by Gasteiger charge is 2.61. The molecule has 3 saturated carbocycles. The Morgan fingerprint density at radius 3 is 2.20 bits per heavy atom. The minimum Gasteiger partial charge on any atom is -0.461 e. The SMILES string of the molecule is CCCCCCCCCCCCCC(=O)OC1C[C@H](O)CC2=CC[C@H]3[C@@H]4CC[C@H]([C@H](C)CCCC(C)C)[C@@]4(C)CC[C@@H]3[C@]21C. The van der Waals surface area contributed by atoms with Gasteiger partial charge in [0.2, 0.25) is 0 Å². The Labute approximate surface area is 273 Å². The van der Waals surface area contributed by atoms with Crippen LogP contribution in [0.1, 0.15) is 183 Å². The van der Waals surface area contributed by atoms with Crippen LogP contribution in [0.4, 0.5) is 0 Å². The molecule has 0 saturated heterocycles. The maximum atomic E-state index is 13.2. The summed E-state index contributed by atoms with van der Waals surface area (Å²) in [6, 6.07) is 0. The van der Waals surface area contributed by atoms with Crippen molar-refractivity contribution in [2.24, 2.45) is 46.3 Å². The van der Waals surface area contributed by atoms with Crippen LogP contribution in [0.15, 0.2) is 11.6 Å². The number of aliphatic hydroxyl groups is 1. The van der Waals surface area contributed by atoms with Crippen molar-refractivity contribution in [3.8, 4) is 0 Å². The first-order valence-corrected chi connectivity index (χ1v) is 19.7. The molecule has 0 aromatic heterocycles. The molecule has 3 fully saturated rings. The van der Waals surface area contributed by atoms with Crippen molar-refractivity contribution in [3.05, 3.63) is 11.6 Å². The molecule has 0 aliphatic heterocycles. The smallest absolute Gasteiger partial charge is 0.306 e. The molecule has 0 aromatic rings. The zero-order valence-electron chi connectivity index (χ0n) is 30.0. The van der Waals surface area contributed by atoms with Gasteiger partial charge in [-0.05, 0) is 85.9 Å². The number of ether oxygens (including phenoxy) is 1. The van der Waals surface area contributed by atoms with E-state index in [-0.39, 0.29) is 23.6 Å². The van der Waals surface area contributed by atoms with Crippen LogP contribution in [-0.4, -0.2) is 23.3 Å². The molecule has 3 heteroatoms. The molecule has 44 heavy (non-hydrogen) atoms. The summed E-state index contributed by atoms with van der Waals surface area (Å²) in [5, 5.41) is 10.9. The first-order valence-electron chi connectivity index (χ1n) is 19.7. The quantitative estimate of drug-likeness (QED) is 0.0951. The van der Waals surface area contributed by atoms with E-state index in [4.69, 9.17) is 4.74 Å². The summed E-state index contributed by atoms with van der Waals surface area (Å²) in [6.45, 7) is 14.6. The lowest BCUT2D eigenvalue weighted by atomic mass is 9.46. The molecular formula is C41H72O3. The first-order chi connectivity index (χ1) is 21.1. The Kier molecular flexibility index (Phi) is 13.8. The number of fused-ring (bicyclic) bond motifs is 5. The van der Waals surface area contributed by atoms with Gasteiger partial charge in [-0.2, -0.15) is 0 Å². The van der Waals surface area contributed by atoms with Crippen LogP contribution in [0.25, 0.3) is 0 Å². The molecule has 4 rings (SSSR count). The number of aliphatic hydroxyl groups excluding tert-OH is 1. The predicted molar refractivity (Wildman–Crippen MR) is 185 cm³/mol. The Morgan fingerprint density at radius 1 is 0.886 bits per heavy atom. The average molecular weight is 613 g/mol. The van der Waals surface area contributed by atoms with E-state index >= 15 is 0 Å². The molecule has 0 spiro atoms. The number of carbonyl (C=O) groups is 1. The van der Waals surface area contributed by atoms with Gasteiger partial charge in [0.15, 0.2) is 0 Å². The summed E-state index contributed by atoms with van der Waals surface area (Å²) in [5.74, 6) is 4.50. The van der Waals surface area contributed by atoms with Gasteiger partial charge in [0.05, 0.1) is 6.10 Å². The summed E-state index contributed by atoms with van der Waals surface area (Å²) < 4.78 is 6.39. The molecule has 0 bridgehead atoms. The van der Waals surface area contributed by atoms with E-state index in [0.29, 0.717) is 30.1 Å². The van der Waals surface area contributed by atoms with Gasteiger partial charge < -0.3 is 9.84 Å². The number of hydrogen-bond donors (Lipinski definition) is 1. The topological polar surface area (TPSA) is 46.5 Å². The van der Waals surface area contributed by atoms with Crippen molar-refractivity contribution in [2.75, 3.05) is 0 Å². The van der Waals surface area contributed by atoms with Gasteiger partial charge in [-0.3, -0.25) is 4.79 Å². The van der Waals surface area contributed by atoms with E-state index in [0.717, 1.165) is 49.4 Å². The Hall–Kier alpha value is -0.830. The van der Waals surface area contributed by atoms with Crippen LogP contribution in [0.2, 0.25) is 0 Å². The summed E-state index contributed by atoms with van der Waals surface area (Å²) in [4.78, 5) is 13.2. The van der Waals surface area contributed by atoms with Crippen molar-refractivity contribution in [2.45, 2.75) is 195 Å². The summed E-state index contributed by atoms with van der Waals surface area (Å²) in [7, 11) is 0. The van der Waals surface area contributed by atoms with E-state index in [1.807, 2.05) is 0 Å². The Morgan fingerprint density at radius 2 is 1.55 bits per heavy atom. The van der Waals surface area contributed by atoms with Crippen molar-refractivity contribution < 1.29 is 14.6 Å². The maximum Gasteiger partial charge on any atom is 0.306 e. The molecule has 4 aliphatic rings. The molecule has 0 aromatic carbocycles. The van der Waals surface area contributed by atoms with Gasteiger partial charge >= 0.3 is 5.97 Å². The number of allylic oxidation sites excluding steroid dienone is 1. The van der Waals surface area contributed by atoms with Gasteiger partial charge in [-0.15, -0.1) is 0 Å². The van der Waals surface area contributed by atoms with E-state index in [9.17, 15) is 9.90 Å². The van der Waals surface area contributed by atoms with Gasteiger partial charge in [0.1, 0.15) is 6.10 Å². The molecule has 254 valence electrons. The van der Waals surface area contributed by atoms with E-state index < -0.39 is 0 Å². The maximum absolute atomic E-state index is 13.2. The second-order valence-electron chi connectivity index (χ2n) is 17.0. The lowest BCUT2D eigenvalue weighted by Gasteiger charge is -2.60. The summed E-state index contributed by atoms with van der Waals surface area (Å²) in [5.41, 5.74) is 1.73. The number of hydrogen-bond acceptors (Lipinski definition) is 3. The van der Waals surface area contributed by atoms with E-state index in [1.165, 1.54) is 108 Å². The van der Waals surface area contributed by atoms with Crippen molar-refractivity contribution in [3.63, 3.8) is 0 Å². The van der Waals surface area contributed by atoms with Crippen LogP contribution < -0.4 is 0 Å². The van der Waals surface area contributed by atoms with Crippen LogP contribution >= 0.6 is 0 Å². The van der Waals surface area contributed by atoms with Crippen LogP contribution in [0.3, 0.4) is 0 Å². The average Bonchev–Trinajstić information content (AvgIpc) is 3.33. The molecule has 9 atom stereocenters. The van der Waals surface area contributed by atoms with Gasteiger partial charge in [-0.25, -0.2) is 0 Å². The highest BCUT2D eigenvalue weighted by molar-refractivity contribution is 5.69. The third kappa shape index (κ3) is 8.55. The fourth-order valence-electron chi connectivity index (χ4n) is 11.0. The van der Waals surface area contributed by atoms with Crippen molar-refractivity contribution >= 4 is 5.97 Å². The fraction of sp³-hybridized carbons (Fsp3) is 0.927. The zero-order chi connectivity index (χ0) is 31.7. The predicted octanol–water partition coefficient (Wildman–Crippen LogP) is 11.6. The molecule has 0 heterocycles. The van der Waals surface area contributed by atoms with Crippen LogP contribution in [0.5, 0.6) is 0 Å². The van der Waals surface area contributed by atoms with Crippen molar-refractivity contribution in [1.29, 1.82) is 0 Å². The third-order valence-electron chi connectivity index (χ3n) is 13.6. The molecule has 0 radical (unpaired) electrons. The van der Waals surface area contributed by atoms with E-state index in [2.05, 4.69) is 47.6 Å². The summed E-state index contributed by atoms with van der Waals surface area (Å²) >= 11 is 0. The van der Waals surface area contributed by atoms with Crippen LogP contribution in [-0.2, 0) is 9.53 Å². The highest BCUT2D eigenvalue weighted by Crippen LogP contribution is 2.67. The van der Waals surface area contributed by atoms with Gasteiger partial charge in [0.25, 0.3) is 0 Å². The lowest BCUT2D eigenvalue weighted by Crippen LogP contribution is -2.56. The summed E-state index contributed by atoms with van der Waals surface area (Å²) in [6.07, 6.45) is 28.7. The van der Waals surface area contributed by atoms with Gasteiger partial charge in [0, 0.05) is 18.3 Å². The molecule has 1 N–H and O–H groups in total. The van der Waals surface area contributed by atoms with Gasteiger partial charge in [-0.1, -0.05) is 137 Å². The largest absolute Gasteiger partial charge is 0.461 e. The number of unbranched alkanes of at least 4 members (excludes halogenated alkanes) is 10. The molecule has 0 amide bonds. The zero-order valence-corrected chi connectivity index (χ0v) is 30.0. The molecule has 4 aliphatic carbocycles. The number of esters is 1. The second kappa shape index (κ2) is 16.8. The highest BCUT2D eigenvalue weighted by atomic mass is 16.5. The Bertz CT molecular complexity index is 908. The minimum absolute atomic E-state index is 0.0282. The van der Waals surface area contributed by atoms with Crippen LogP contribution in [0, 0.1) is 46.3 Å². The lowest BCUT2D eigenvalue weighted by molar-refractivity contribution is -0.169. The number of carbonyl (C=O) groups excluding carboxylic acids is 1. The third-order valence-corrected chi connectivity index (χ3v) is 13.6. The Balaban J connectivity index is 1.30. The number of rotatable bonds is 18.